The largest absolute Gasteiger partial charge is 0.352 e. The van der Waals surface area contributed by atoms with Gasteiger partial charge in [0.15, 0.2) is 5.13 Å². The number of likely N-dealkylation sites (tertiary alicyclic amines) is 1. The summed E-state index contributed by atoms with van der Waals surface area (Å²) in [5, 5.41) is 9.06. The van der Waals surface area contributed by atoms with Gasteiger partial charge < -0.3 is 15.5 Å². The molecule has 150 valence electrons. The molecule has 0 unspecified atom stereocenters. The number of carbonyl (C=O) groups excluding carboxylic acids is 2. The standard InChI is InChI=1S/C19H22Cl2N4O2S/c1-11(2)22-17(26)15-8-3-4-9-25(15)18(27)14-10-28-19(24-14)23-13-7-5-6-12(20)16(13)21/h5-7,10-11,15H,3-4,8-9H2,1-2H3,(H,22,26)(H,23,24)/t15-/m0/s1. The van der Waals surface area contributed by atoms with Gasteiger partial charge in [0, 0.05) is 18.0 Å². The fourth-order valence-corrected chi connectivity index (χ4v) is 4.16. The Morgan fingerprint density at radius 2 is 2.07 bits per heavy atom. The lowest BCUT2D eigenvalue weighted by atomic mass is 10.0. The first-order valence-corrected chi connectivity index (χ1v) is 10.8. The SMILES string of the molecule is CC(C)NC(=O)[C@@H]1CCCCN1C(=O)c1csc(Nc2cccc(Cl)c2Cl)n1. The van der Waals surface area contributed by atoms with Crippen LogP contribution in [0.1, 0.15) is 43.6 Å². The van der Waals surface area contributed by atoms with Crippen LogP contribution in [-0.2, 0) is 4.79 Å². The maximum Gasteiger partial charge on any atom is 0.274 e. The first-order valence-electron chi connectivity index (χ1n) is 9.14. The van der Waals surface area contributed by atoms with Crippen molar-refractivity contribution in [3.05, 3.63) is 39.3 Å². The molecule has 2 aromatic rings. The Labute approximate surface area is 178 Å². The van der Waals surface area contributed by atoms with Crippen LogP contribution in [0, 0.1) is 0 Å². The van der Waals surface area contributed by atoms with Crippen LogP contribution in [0.25, 0.3) is 0 Å². The molecule has 1 aromatic carbocycles. The summed E-state index contributed by atoms with van der Waals surface area (Å²) in [5.74, 6) is -0.340. The van der Waals surface area contributed by atoms with Crippen LogP contribution in [0.3, 0.4) is 0 Å². The third kappa shape index (κ3) is 4.77. The Balaban J connectivity index is 1.75. The molecule has 0 aliphatic carbocycles. The number of nitrogens with one attached hydrogen (secondary N) is 2. The number of rotatable bonds is 5. The topological polar surface area (TPSA) is 74.3 Å². The van der Waals surface area contributed by atoms with Crippen LogP contribution in [0.15, 0.2) is 23.6 Å². The second-order valence-electron chi connectivity index (χ2n) is 6.94. The number of amides is 2. The summed E-state index contributed by atoms with van der Waals surface area (Å²) in [6.45, 7) is 4.37. The summed E-state index contributed by atoms with van der Waals surface area (Å²) >= 11 is 13.5. The predicted octanol–water partition coefficient (Wildman–Crippen LogP) is 4.71. The van der Waals surface area contributed by atoms with Crippen molar-refractivity contribution >= 4 is 57.2 Å². The third-order valence-electron chi connectivity index (χ3n) is 4.41. The minimum Gasteiger partial charge on any atom is -0.352 e. The molecular formula is C19H22Cl2N4O2S. The average molecular weight is 441 g/mol. The van der Waals surface area contributed by atoms with E-state index in [4.69, 9.17) is 23.2 Å². The molecule has 28 heavy (non-hydrogen) atoms. The molecule has 1 fully saturated rings. The van der Waals surface area contributed by atoms with Crippen molar-refractivity contribution in [3.63, 3.8) is 0 Å². The molecule has 2 amide bonds. The molecule has 1 saturated heterocycles. The number of hydrogen-bond donors (Lipinski definition) is 2. The summed E-state index contributed by atoms with van der Waals surface area (Å²) in [6, 6.07) is 4.84. The highest BCUT2D eigenvalue weighted by atomic mass is 35.5. The van der Waals surface area contributed by atoms with Crippen LogP contribution in [0.2, 0.25) is 10.0 Å². The molecule has 2 heterocycles. The molecule has 3 rings (SSSR count). The quantitative estimate of drug-likeness (QED) is 0.705. The summed E-state index contributed by atoms with van der Waals surface area (Å²) in [6.07, 6.45) is 2.47. The highest BCUT2D eigenvalue weighted by Gasteiger charge is 2.33. The highest BCUT2D eigenvalue weighted by molar-refractivity contribution is 7.14. The third-order valence-corrected chi connectivity index (χ3v) is 5.99. The van der Waals surface area contributed by atoms with E-state index in [1.807, 2.05) is 13.8 Å². The Hall–Kier alpha value is -1.83. The first-order chi connectivity index (χ1) is 13.4. The number of halogens is 2. The second kappa shape index (κ2) is 9.11. The van der Waals surface area contributed by atoms with Crippen molar-refractivity contribution in [1.82, 2.24) is 15.2 Å². The molecule has 0 spiro atoms. The van der Waals surface area contributed by atoms with Crippen molar-refractivity contribution in [2.75, 3.05) is 11.9 Å². The molecular weight excluding hydrogens is 419 g/mol. The Morgan fingerprint density at radius 1 is 1.29 bits per heavy atom. The number of aromatic nitrogens is 1. The fraction of sp³-hybridized carbons (Fsp3) is 0.421. The number of benzene rings is 1. The van der Waals surface area contributed by atoms with Gasteiger partial charge in [0.05, 0.1) is 15.7 Å². The van der Waals surface area contributed by atoms with Gasteiger partial charge in [0.2, 0.25) is 5.91 Å². The summed E-state index contributed by atoms with van der Waals surface area (Å²) in [4.78, 5) is 31.5. The van der Waals surface area contributed by atoms with E-state index in [0.717, 1.165) is 12.8 Å². The summed E-state index contributed by atoms with van der Waals surface area (Å²) in [5.41, 5.74) is 0.935. The first kappa shape index (κ1) is 20.9. The molecule has 2 N–H and O–H groups in total. The van der Waals surface area contributed by atoms with E-state index in [0.29, 0.717) is 39.5 Å². The van der Waals surface area contributed by atoms with E-state index in [1.54, 1.807) is 28.5 Å². The van der Waals surface area contributed by atoms with Gasteiger partial charge >= 0.3 is 0 Å². The van der Waals surface area contributed by atoms with Crippen molar-refractivity contribution in [2.24, 2.45) is 0 Å². The van der Waals surface area contributed by atoms with Crippen LogP contribution in [-0.4, -0.2) is 40.3 Å². The zero-order valence-electron chi connectivity index (χ0n) is 15.7. The zero-order chi connectivity index (χ0) is 20.3. The van der Waals surface area contributed by atoms with E-state index >= 15 is 0 Å². The zero-order valence-corrected chi connectivity index (χ0v) is 18.0. The number of piperidine rings is 1. The number of nitrogens with zero attached hydrogens (tertiary/aromatic N) is 2. The number of anilines is 2. The molecule has 1 aromatic heterocycles. The van der Waals surface area contributed by atoms with Gasteiger partial charge in [-0.05, 0) is 45.2 Å². The Bertz CT molecular complexity index is 871. The van der Waals surface area contributed by atoms with E-state index in [2.05, 4.69) is 15.6 Å². The highest BCUT2D eigenvalue weighted by Crippen LogP contribution is 2.33. The molecule has 9 heteroatoms. The van der Waals surface area contributed by atoms with Crippen LogP contribution >= 0.6 is 34.5 Å². The van der Waals surface area contributed by atoms with E-state index < -0.39 is 6.04 Å². The monoisotopic (exact) mass is 440 g/mol. The summed E-state index contributed by atoms with van der Waals surface area (Å²) in [7, 11) is 0. The van der Waals surface area contributed by atoms with Gasteiger partial charge in [0.25, 0.3) is 5.91 Å². The Kier molecular flexibility index (Phi) is 6.80. The van der Waals surface area contributed by atoms with Crippen molar-refractivity contribution < 1.29 is 9.59 Å². The van der Waals surface area contributed by atoms with E-state index in [1.165, 1.54) is 11.3 Å². The normalized spacial score (nSPS) is 16.9. The number of carbonyl (C=O) groups is 2. The average Bonchev–Trinajstić information content (AvgIpc) is 3.13. The van der Waals surface area contributed by atoms with Crippen molar-refractivity contribution in [1.29, 1.82) is 0 Å². The van der Waals surface area contributed by atoms with Crippen molar-refractivity contribution in [3.8, 4) is 0 Å². The van der Waals surface area contributed by atoms with Gasteiger partial charge in [0.1, 0.15) is 11.7 Å². The number of hydrogen-bond acceptors (Lipinski definition) is 5. The van der Waals surface area contributed by atoms with E-state index in [-0.39, 0.29) is 17.9 Å². The summed E-state index contributed by atoms with van der Waals surface area (Å²) < 4.78 is 0. The maximum atomic E-state index is 13.0. The maximum absolute atomic E-state index is 13.0. The van der Waals surface area contributed by atoms with Gasteiger partial charge in [-0.2, -0.15) is 0 Å². The number of thiazole rings is 1. The fourth-order valence-electron chi connectivity index (χ4n) is 3.12. The Morgan fingerprint density at radius 3 is 2.82 bits per heavy atom. The van der Waals surface area contributed by atoms with Gasteiger partial charge in [-0.3, -0.25) is 9.59 Å². The predicted molar refractivity (Wildman–Crippen MR) is 114 cm³/mol. The molecule has 1 aliphatic rings. The van der Waals surface area contributed by atoms with Crippen LogP contribution < -0.4 is 10.6 Å². The molecule has 0 saturated carbocycles. The molecule has 0 bridgehead atoms. The van der Waals surface area contributed by atoms with Crippen molar-refractivity contribution in [2.45, 2.75) is 45.2 Å². The lowest BCUT2D eigenvalue weighted by Crippen LogP contribution is -2.53. The molecule has 1 atom stereocenters. The molecule has 1 aliphatic heterocycles. The second-order valence-corrected chi connectivity index (χ2v) is 8.58. The lowest BCUT2D eigenvalue weighted by Gasteiger charge is -2.34. The smallest absolute Gasteiger partial charge is 0.274 e. The van der Waals surface area contributed by atoms with E-state index in [9.17, 15) is 9.59 Å². The van der Waals surface area contributed by atoms with Crippen LogP contribution in [0.4, 0.5) is 10.8 Å². The molecule has 6 nitrogen and oxygen atoms in total. The van der Waals surface area contributed by atoms with Gasteiger partial charge in [-0.1, -0.05) is 29.3 Å². The minimum atomic E-state index is -0.455. The van der Waals surface area contributed by atoms with Crippen LogP contribution in [0.5, 0.6) is 0 Å². The van der Waals surface area contributed by atoms with Gasteiger partial charge in [-0.25, -0.2) is 4.98 Å². The lowest BCUT2D eigenvalue weighted by molar-refractivity contribution is -0.127. The minimum absolute atomic E-state index is 0.0314. The molecule has 0 radical (unpaired) electrons. The van der Waals surface area contributed by atoms with Gasteiger partial charge in [-0.15, -0.1) is 11.3 Å².